The molecule has 0 heterocycles. The van der Waals surface area contributed by atoms with Crippen LogP contribution in [-0.2, 0) is 11.2 Å². The number of fused-ring (bicyclic) bond motifs is 1. The predicted molar refractivity (Wildman–Crippen MR) is 87.8 cm³/mol. The van der Waals surface area contributed by atoms with E-state index in [4.69, 9.17) is 22.1 Å². The van der Waals surface area contributed by atoms with Crippen LogP contribution in [0, 0.1) is 5.41 Å². The van der Waals surface area contributed by atoms with E-state index in [0.717, 1.165) is 28.1 Å². The molecular formula is C18H18ClNO2. The van der Waals surface area contributed by atoms with Crippen LogP contribution in [0.5, 0.6) is 0 Å². The van der Waals surface area contributed by atoms with Gasteiger partial charge >= 0.3 is 6.09 Å². The summed E-state index contributed by atoms with van der Waals surface area (Å²) in [5.74, 6) is 0. The number of amides is 1. The second-order valence-corrected chi connectivity index (χ2v) is 6.78. The zero-order chi connectivity index (χ0) is 15.9. The van der Waals surface area contributed by atoms with Crippen LogP contribution >= 0.6 is 11.6 Å². The summed E-state index contributed by atoms with van der Waals surface area (Å²) < 4.78 is 5.34. The van der Waals surface area contributed by atoms with E-state index >= 15 is 0 Å². The number of halogens is 1. The largest absolute Gasteiger partial charge is 0.441 e. The summed E-state index contributed by atoms with van der Waals surface area (Å²) in [4.78, 5) is 11.2. The Morgan fingerprint density at radius 1 is 1.27 bits per heavy atom. The number of hydrogen-bond donors (Lipinski definition) is 1. The van der Waals surface area contributed by atoms with Crippen molar-refractivity contribution in [3.8, 4) is 11.1 Å². The maximum Gasteiger partial charge on any atom is 0.405 e. The normalized spacial score (nSPS) is 18.8. The molecule has 22 heavy (non-hydrogen) atoms. The molecule has 114 valence electrons. The first-order chi connectivity index (χ1) is 10.4. The van der Waals surface area contributed by atoms with Crippen LogP contribution in [0.4, 0.5) is 4.79 Å². The molecule has 0 saturated carbocycles. The standard InChI is InChI=1S/C18H18ClNO2/c1-18(2)10-12-9-11(13-5-3-4-6-15(13)19)7-8-14(12)16(18)22-17(20)21/h3-9,16H,10H2,1-2H3,(H2,20,21). The lowest BCUT2D eigenvalue weighted by atomic mass is 9.87. The van der Waals surface area contributed by atoms with Crippen molar-refractivity contribution in [2.24, 2.45) is 11.1 Å². The van der Waals surface area contributed by atoms with Gasteiger partial charge in [-0.2, -0.15) is 0 Å². The van der Waals surface area contributed by atoms with E-state index < -0.39 is 6.09 Å². The summed E-state index contributed by atoms with van der Waals surface area (Å²) in [6.07, 6.45) is -0.208. The van der Waals surface area contributed by atoms with Gasteiger partial charge in [-0.15, -0.1) is 0 Å². The van der Waals surface area contributed by atoms with Crippen molar-refractivity contribution in [3.63, 3.8) is 0 Å². The molecule has 1 unspecified atom stereocenters. The molecular weight excluding hydrogens is 298 g/mol. The Labute approximate surface area is 135 Å². The predicted octanol–water partition coefficient (Wildman–Crippen LogP) is 4.73. The molecule has 2 aromatic carbocycles. The van der Waals surface area contributed by atoms with Crippen LogP contribution in [0.25, 0.3) is 11.1 Å². The Balaban J connectivity index is 2.03. The van der Waals surface area contributed by atoms with Crippen molar-refractivity contribution in [1.82, 2.24) is 0 Å². The van der Waals surface area contributed by atoms with E-state index in [-0.39, 0.29) is 11.5 Å². The lowest BCUT2D eigenvalue weighted by Crippen LogP contribution is -2.25. The molecule has 3 rings (SSSR count). The molecule has 1 atom stereocenters. The van der Waals surface area contributed by atoms with E-state index in [1.165, 1.54) is 5.56 Å². The number of nitrogens with two attached hydrogens (primary N) is 1. The topological polar surface area (TPSA) is 52.3 Å². The highest BCUT2D eigenvalue weighted by molar-refractivity contribution is 6.33. The minimum atomic E-state index is -0.735. The average molecular weight is 316 g/mol. The monoisotopic (exact) mass is 315 g/mol. The Morgan fingerprint density at radius 3 is 2.68 bits per heavy atom. The number of hydrogen-bond acceptors (Lipinski definition) is 2. The summed E-state index contributed by atoms with van der Waals surface area (Å²) in [5, 5.41) is 0.727. The van der Waals surface area contributed by atoms with Crippen LogP contribution in [0.1, 0.15) is 31.1 Å². The highest BCUT2D eigenvalue weighted by Gasteiger charge is 2.41. The average Bonchev–Trinajstić information content (AvgIpc) is 2.69. The van der Waals surface area contributed by atoms with Crippen LogP contribution < -0.4 is 5.73 Å². The fourth-order valence-electron chi connectivity index (χ4n) is 3.22. The number of ether oxygens (including phenoxy) is 1. The molecule has 1 aliphatic carbocycles. The first-order valence-corrected chi connectivity index (χ1v) is 7.60. The van der Waals surface area contributed by atoms with Gasteiger partial charge < -0.3 is 10.5 Å². The van der Waals surface area contributed by atoms with Crippen LogP contribution in [0.15, 0.2) is 42.5 Å². The third-order valence-electron chi connectivity index (χ3n) is 4.20. The Morgan fingerprint density at radius 2 is 2.00 bits per heavy atom. The Bertz CT molecular complexity index is 740. The molecule has 0 aliphatic heterocycles. The second-order valence-electron chi connectivity index (χ2n) is 6.38. The molecule has 0 bridgehead atoms. The second kappa shape index (κ2) is 5.33. The minimum Gasteiger partial charge on any atom is -0.441 e. The van der Waals surface area contributed by atoms with Crippen molar-refractivity contribution < 1.29 is 9.53 Å². The zero-order valence-electron chi connectivity index (χ0n) is 12.6. The van der Waals surface area contributed by atoms with E-state index in [9.17, 15) is 4.79 Å². The smallest absolute Gasteiger partial charge is 0.405 e. The molecule has 2 N–H and O–H groups in total. The third-order valence-corrected chi connectivity index (χ3v) is 4.53. The number of primary amides is 1. The number of rotatable bonds is 2. The summed E-state index contributed by atoms with van der Waals surface area (Å²) >= 11 is 6.28. The SMILES string of the molecule is CC1(C)Cc2cc(-c3ccccc3Cl)ccc2C1OC(N)=O. The van der Waals surface area contributed by atoms with Crippen molar-refractivity contribution in [3.05, 3.63) is 58.6 Å². The van der Waals surface area contributed by atoms with Gasteiger partial charge in [0.15, 0.2) is 0 Å². The van der Waals surface area contributed by atoms with E-state index in [2.05, 4.69) is 19.9 Å². The number of benzene rings is 2. The summed E-state index contributed by atoms with van der Waals surface area (Å²) in [7, 11) is 0. The van der Waals surface area contributed by atoms with E-state index in [1.807, 2.05) is 36.4 Å². The molecule has 0 aromatic heterocycles. The fourth-order valence-corrected chi connectivity index (χ4v) is 3.47. The van der Waals surface area contributed by atoms with Crippen molar-refractivity contribution >= 4 is 17.7 Å². The summed E-state index contributed by atoms with van der Waals surface area (Å²) in [6, 6.07) is 13.9. The Hall–Kier alpha value is -2.00. The molecule has 0 saturated heterocycles. The third kappa shape index (κ3) is 2.57. The highest BCUT2D eigenvalue weighted by Crippen LogP contribution is 2.48. The van der Waals surface area contributed by atoms with Gasteiger partial charge in [0.25, 0.3) is 0 Å². The lowest BCUT2D eigenvalue weighted by molar-refractivity contribution is 0.0392. The van der Waals surface area contributed by atoms with Crippen molar-refractivity contribution in [1.29, 1.82) is 0 Å². The maximum atomic E-state index is 11.2. The molecule has 1 amide bonds. The van der Waals surface area contributed by atoms with Gasteiger partial charge in [-0.05, 0) is 29.2 Å². The summed E-state index contributed by atoms with van der Waals surface area (Å²) in [5.41, 5.74) is 9.32. The first-order valence-electron chi connectivity index (χ1n) is 7.22. The number of carbonyl (C=O) groups excluding carboxylic acids is 1. The molecule has 0 fully saturated rings. The van der Waals surface area contributed by atoms with Gasteiger partial charge in [0.2, 0.25) is 0 Å². The quantitative estimate of drug-likeness (QED) is 0.871. The molecule has 0 spiro atoms. The summed E-state index contributed by atoms with van der Waals surface area (Å²) in [6.45, 7) is 4.16. The van der Waals surface area contributed by atoms with Gasteiger partial charge in [-0.1, -0.05) is 61.8 Å². The van der Waals surface area contributed by atoms with E-state index in [0.29, 0.717) is 0 Å². The van der Waals surface area contributed by atoms with Gasteiger partial charge in [0, 0.05) is 16.0 Å². The van der Waals surface area contributed by atoms with E-state index in [1.54, 1.807) is 0 Å². The van der Waals surface area contributed by atoms with Crippen LogP contribution in [0.2, 0.25) is 5.02 Å². The molecule has 1 aliphatic rings. The van der Waals surface area contributed by atoms with Gasteiger partial charge in [0.05, 0.1) is 0 Å². The van der Waals surface area contributed by atoms with Crippen LogP contribution in [0.3, 0.4) is 0 Å². The zero-order valence-corrected chi connectivity index (χ0v) is 13.4. The number of carbonyl (C=O) groups is 1. The van der Waals surface area contributed by atoms with Crippen molar-refractivity contribution in [2.45, 2.75) is 26.4 Å². The molecule has 2 aromatic rings. The van der Waals surface area contributed by atoms with Crippen molar-refractivity contribution in [2.75, 3.05) is 0 Å². The lowest BCUT2D eigenvalue weighted by Gasteiger charge is -2.26. The molecule has 4 heteroatoms. The minimum absolute atomic E-state index is 0.170. The Kier molecular flexibility index (Phi) is 3.61. The highest BCUT2D eigenvalue weighted by atomic mass is 35.5. The van der Waals surface area contributed by atoms with Gasteiger partial charge in [0.1, 0.15) is 6.10 Å². The fraction of sp³-hybridized carbons (Fsp3) is 0.278. The first kappa shape index (κ1) is 14.9. The molecule has 3 nitrogen and oxygen atoms in total. The van der Waals surface area contributed by atoms with Crippen LogP contribution in [-0.4, -0.2) is 6.09 Å². The van der Waals surface area contributed by atoms with Gasteiger partial charge in [-0.25, -0.2) is 4.79 Å². The van der Waals surface area contributed by atoms with Gasteiger partial charge in [-0.3, -0.25) is 0 Å². The maximum absolute atomic E-state index is 11.2. The molecule has 0 radical (unpaired) electrons.